The third kappa shape index (κ3) is 3.20. The predicted octanol–water partition coefficient (Wildman–Crippen LogP) is -0.343. The fraction of sp³-hybridized carbons (Fsp3) is 0.167. The van der Waals surface area contributed by atoms with Gasteiger partial charge in [0.25, 0.3) is 10.0 Å². The SMILES string of the molecule is Cc1ccc(S(N)(=O)=O)nc1.[Na]. The van der Waals surface area contributed by atoms with Gasteiger partial charge in [0.05, 0.1) is 0 Å². The Morgan fingerprint density at radius 1 is 1.42 bits per heavy atom. The molecule has 0 saturated heterocycles. The van der Waals surface area contributed by atoms with Crippen molar-refractivity contribution >= 4 is 39.6 Å². The normalized spacial score (nSPS) is 10.5. The quantitative estimate of drug-likeness (QED) is 0.623. The summed E-state index contributed by atoms with van der Waals surface area (Å²) in [5, 5.41) is 4.72. The Labute approximate surface area is 93.5 Å². The first kappa shape index (κ1) is 12.1. The Bertz CT molecular complexity index is 346. The van der Waals surface area contributed by atoms with Crippen LogP contribution in [0.5, 0.6) is 0 Å². The average molecular weight is 195 g/mol. The minimum Gasteiger partial charge on any atom is -0.243 e. The van der Waals surface area contributed by atoms with E-state index in [4.69, 9.17) is 5.14 Å². The summed E-state index contributed by atoms with van der Waals surface area (Å²) in [6.07, 6.45) is 1.46. The Balaban J connectivity index is 0.00000121. The molecule has 4 nitrogen and oxygen atoms in total. The Morgan fingerprint density at radius 2 is 2.00 bits per heavy atom. The molecule has 0 saturated carbocycles. The summed E-state index contributed by atoms with van der Waals surface area (Å²) in [5.74, 6) is 0. The molecule has 0 aromatic carbocycles. The van der Waals surface area contributed by atoms with E-state index in [0.717, 1.165) is 5.56 Å². The fourth-order valence-corrected chi connectivity index (χ4v) is 1.08. The van der Waals surface area contributed by atoms with Crippen LogP contribution in [0.15, 0.2) is 23.4 Å². The molecule has 0 aliphatic carbocycles. The second-order valence-electron chi connectivity index (χ2n) is 2.22. The van der Waals surface area contributed by atoms with Gasteiger partial charge in [-0.1, -0.05) is 6.07 Å². The maximum atomic E-state index is 10.7. The predicted molar refractivity (Wildman–Crippen MR) is 46.1 cm³/mol. The van der Waals surface area contributed by atoms with Crippen LogP contribution in [0.25, 0.3) is 0 Å². The van der Waals surface area contributed by atoms with Crippen LogP contribution in [0.2, 0.25) is 0 Å². The van der Waals surface area contributed by atoms with Crippen LogP contribution in [-0.4, -0.2) is 43.0 Å². The zero-order chi connectivity index (χ0) is 8.48. The molecule has 0 amide bonds. The first-order valence-corrected chi connectivity index (χ1v) is 4.50. The van der Waals surface area contributed by atoms with Gasteiger partial charge in [-0.3, -0.25) is 0 Å². The second-order valence-corrected chi connectivity index (χ2v) is 3.73. The van der Waals surface area contributed by atoms with Crippen molar-refractivity contribution in [2.24, 2.45) is 5.14 Å². The summed E-state index contributed by atoms with van der Waals surface area (Å²) < 4.78 is 21.3. The first-order valence-electron chi connectivity index (χ1n) is 2.95. The Kier molecular flexibility index (Phi) is 4.36. The smallest absolute Gasteiger partial charge is 0.243 e. The summed E-state index contributed by atoms with van der Waals surface area (Å²) in [5.41, 5.74) is 0.900. The molecule has 2 N–H and O–H groups in total. The van der Waals surface area contributed by atoms with Gasteiger partial charge in [0, 0.05) is 35.8 Å². The van der Waals surface area contributed by atoms with E-state index in [1.807, 2.05) is 6.92 Å². The molecule has 12 heavy (non-hydrogen) atoms. The second kappa shape index (κ2) is 4.34. The number of hydrogen-bond donors (Lipinski definition) is 1. The summed E-state index contributed by atoms with van der Waals surface area (Å²) >= 11 is 0. The monoisotopic (exact) mass is 195 g/mol. The number of rotatable bonds is 1. The third-order valence-electron chi connectivity index (χ3n) is 1.18. The third-order valence-corrected chi connectivity index (χ3v) is 2.00. The van der Waals surface area contributed by atoms with Gasteiger partial charge in [0.1, 0.15) is 0 Å². The van der Waals surface area contributed by atoms with Gasteiger partial charge in [-0.15, -0.1) is 0 Å². The molecule has 0 bridgehead atoms. The molecule has 1 aromatic heterocycles. The van der Waals surface area contributed by atoms with E-state index in [1.165, 1.54) is 12.3 Å². The number of hydrogen-bond acceptors (Lipinski definition) is 3. The number of nitrogens with two attached hydrogens (primary N) is 1. The number of sulfonamides is 1. The molecular formula is C6H8N2NaO2S. The van der Waals surface area contributed by atoms with Crippen LogP contribution in [0, 0.1) is 6.92 Å². The van der Waals surface area contributed by atoms with Crippen molar-refractivity contribution in [2.75, 3.05) is 0 Å². The van der Waals surface area contributed by atoms with E-state index >= 15 is 0 Å². The molecule has 1 aromatic rings. The molecule has 0 aliphatic heterocycles. The number of pyridine rings is 1. The molecule has 0 spiro atoms. The van der Waals surface area contributed by atoms with Crippen molar-refractivity contribution in [3.05, 3.63) is 23.9 Å². The topological polar surface area (TPSA) is 73.1 Å². The maximum Gasteiger partial charge on any atom is 0.255 e. The first-order chi connectivity index (χ1) is 5.00. The Hall–Kier alpha value is 0.0600. The van der Waals surface area contributed by atoms with E-state index in [0.29, 0.717) is 0 Å². The van der Waals surface area contributed by atoms with Crippen LogP contribution >= 0.6 is 0 Å². The summed E-state index contributed by atoms with van der Waals surface area (Å²) in [6.45, 7) is 1.82. The maximum absolute atomic E-state index is 10.7. The van der Waals surface area contributed by atoms with Gasteiger partial charge < -0.3 is 0 Å². The zero-order valence-electron chi connectivity index (χ0n) is 6.98. The van der Waals surface area contributed by atoms with Gasteiger partial charge in [-0.05, 0) is 18.6 Å². The summed E-state index contributed by atoms with van der Waals surface area (Å²) in [7, 11) is -3.63. The molecule has 0 aliphatic rings. The van der Waals surface area contributed by atoms with E-state index in [1.54, 1.807) is 6.07 Å². The van der Waals surface area contributed by atoms with E-state index < -0.39 is 10.0 Å². The molecule has 1 heterocycles. The number of aromatic nitrogens is 1. The van der Waals surface area contributed by atoms with Crippen LogP contribution in [0.1, 0.15) is 5.56 Å². The van der Waals surface area contributed by atoms with Crippen molar-refractivity contribution in [3.63, 3.8) is 0 Å². The number of nitrogens with zero attached hydrogens (tertiary/aromatic N) is 1. The van der Waals surface area contributed by atoms with Gasteiger partial charge >= 0.3 is 0 Å². The summed E-state index contributed by atoms with van der Waals surface area (Å²) in [4.78, 5) is 3.64. The van der Waals surface area contributed by atoms with Gasteiger partial charge in [0.2, 0.25) is 0 Å². The molecular weight excluding hydrogens is 187 g/mol. The minimum atomic E-state index is -3.63. The van der Waals surface area contributed by atoms with Crippen LogP contribution in [0.3, 0.4) is 0 Å². The van der Waals surface area contributed by atoms with E-state index in [-0.39, 0.29) is 34.6 Å². The van der Waals surface area contributed by atoms with E-state index in [2.05, 4.69) is 4.98 Å². The minimum absolute atomic E-state index is 0. The molecule has 0 unspecified atom stereocenters. The molecule has 1 rings (SSSR count). The fourth-order valence-electron chi connectivity index (χ4n) is 0.623. The number of primary sulfonamides is 1. The van der Waals surface area contributed by atoms with Crippen molar-refractivity contribution in [2.45, 2.75) is 11.9 Å². The molecule has 0 fully saturated rings. The van der Waals surface area contributed by atoms with Crippen molar-refractivity contribution in [1.29, 1.82) is 0 Å². The van der Waals surface area contributed by atoms with Gasteiger partial charge in [0.15, 0.2) is 5.03 Å². The standard InChI is InChI=1S/C6H8N2O2S.Na/c1-5-2-3-6(8-4-5)11(7,9)10;/h2-4H,1H3,(H2,7,9,10);. The van der Waals surface area contributed by atoms with Crippen molar-refractivity contribution in [3.8, 4) is 0 Å². The van der Waals surface area contributed by atoms with Crippen LogP contribution in [0.4, 0.5) is 0 Å². The van der Waals surface area contributed by atoms with E-state index in [9.17, 15) is 8.42 Å². The molecule has 61 valence electrons. The molecule has 1 radical (unpaired) electrons. The zero-order valence-corrected chi connectivity index (χ0v) is 9.80. The van der Waals surface area contributed by atoms with Crippen LogP contribution in [-0.2, 0) is 10.0 Å². The number of aryl methyl sites for hydroxylation is 1. The average Bonchev–Trinajstić information content (AvgIpc) is 1.86. The van der Waals surface area contributed by atoms with Crippen LogP contribution < -0.4 is 5.14 Å². The summed E-state index contributed by atoms with van der Waals surface area (Å²) in [6, 6.07) is 3.03. The van der Waals surface area contributed by atoms with Gasteiger partial charge in [-0.25, -0.2) is 18.5 Å². The van der Waals surface area contributed by atoms with Crippen molar-refractivity contribution < 1.29 is 8.42 Å². The van der Waals surface area contributed by atoms with Gasteiger partial charge in [-0.2, -0.15) is 0 Å². The van der Waals surface area contributed by atoms with Crippen molar-refractivity contribution in [1.82, 2.24) is 4.98 Å². The molecule has 6 heteroatoms. The molecule has 0 atom stereocenters. The largest absolute Gasteiger partial charge is 0.255 e. The Morgan fingerprint density at radius 3 is 2.33 bits per heavy atom.